The van der Waals surface area contributed by atoms with Gasteiger partial charge in [0, 0.05) is 31.6 Å². The van der Waals surface area contributed by atoms with Gasteiger partial charge in [0.25, 0.3) is 0 Å². The molecule has 4 aliphatic rings. The van der Waals surface area contributed by atoms with Crippen LogP contribution in [0.25, 0.3) is 0 Å². The Morgan fingerprint density at radius 3 is 2.41 bits per heavy atom. The standard InChI is InChI=1S/C31H50O3/c1-19(2)10-9-11-20(3)23-12-16-30(7)25(23)18-27(34-22(5)32)28-29(6)15-14-26(33)21(4)24(29)13-17-31(28,30)8/h19-21,24,27-28H,9-18H2,1-8H3/t20-,21+,24+,27-,28+,29+,30+,31+/m1/s1. The molecule has 0 aliphatic heterocycles. The number of esters is 1. The van der Waals surface area contributed by atoms with Gasteiger partial charge in [0.2, 0.25) is 0 Å². The van der Waals surface area contributed by atoms with Crippen LogP contribution in [-0.2, 0) is 14.3 Å². The Hall–Kier alpha value is -1.12. The second kappa shape index (κ2) is 9.07. The molecule has 0 bridgehead atoms. The lowest BCUT2D eigenvalue weighted by atomic mass is 9.37. The number of fused-ring (bicyclic) bond motifs is 5. The highest BCUT2D eigenvalue weighted by atomic mass is 16.5. The molecule has 192 valence electrons. The van der Waals surface area contributed by atoms with Crippen LogP contribution in [-0.4, -0.2) is 17.9 Å². The highest BCUT2D eigenvalue weighted by Gasteiger charge is 2.68. The Bertz CT molecular complexity index is 855. The van der Waals surface area contributed by atoms with E-state index in [4.69, 9.17) is 4.74 Å². The molecule has 3 nitrogen and oxygen atoms in total. The molecule has 4 aliphatic carbocycles. The van der Waals surface area contributed by atoms with Gasteiger partial charge in [-0.1, -0.05) is 72.5 Å². The first-order valence-electron chi connectivity index (χ1n) is 14.3. The van der Waals surface area contributed by atoms with Gasteiger partial charge in [-0.25, -0.2) is 0 Å². The summed E-state index contributed by atoms with van der Waals surface area (Å²) < 4.78 is 6.24. The van der Waals surface area contributed by atoms with E-state index >= 15 is 0 Å². The summed E-state index contributed by atoms with van der Waals surface area (Å²) in [4.78, 5) is 25.1. The Labute approximate surface area is 208 Å². The first-order chi connectivity index (χ1) is 15.8. The second-order valence-corrected chi connectivity index (χ2v) is 13.7. The Kier molecular flexibility index (Phi) is 6.93. The first kappa shape index (κ1) is 26.0. The van der Waals surface area contributed by atoms with Crippen molar-refractivity contribution in [2.24, 2.45) is 45.8 Å². The summed E-state index contributed by atoms with van der Waals surface area (Å²) >= 11 is 0. The molecule has 0 spiro atoms. The summed E-state index contributed by atoms with van der Waals surface area (Å²) in [5.74, 6) is 2.54. The van der Waals surface area contributed by atoms with Crippen molar-refractivity contribution < 1.29 is 14.3 Å². The van der Waals surface area contributed by atoms with E-state index in [1.54, 1.807) is 18.1 Å². The molecule has 3 fully saturated rings. The smallest absolute Gasteiger partial charge is 0.302 e. The summed E-state index contributed by atoms with van der Waals surface area (Å²) in [6.45, 7) is 18.4. The largest absolute Gasteiger partial charge is 0.462 e. The number of rotatable bonds is 6. The topological polar surface area (TPSA) is 43.4 Å². The maximum Gasteiger partial charge on any atom is 0.302 e. The fraction of sp³-hybridized carbons (Fsp3) is 0.871. The minimum atomic E-state index is -0.147. The van der Waals surface area contributed by atoms with Crippen molar-refractivity contribution in [3.8, 4) is 0 Å². The average molecular weight is 471 g/mol. The highest BCUT2D eigenvalue weighted by molar-refractivity contribution is 5.82. The normalized spacial score (nSPS) is 42.8. The zero-order valence-corrected chi connectivity index (χ0v) is 23.3. The molecule has 0 aromatic rings. The van der Waals surface area contributed by atoms with Crippen molar-refractivity contribution in [1.82, 2.24) is 0 Å². The van der Waals surface area contributed by atoms with Crippen molar-refractivity contribution in [1.29, 1.82) is 0 Å². The second-order valence-electron chi connectivity index (χ2n) is 13.7. The predicted octanol–water partition coefficient (Wildman–Crippen LogP) is 7.92. The van der Waals surface area contributed by atoms with Gasteiger partial charge in [0.1, 0.15) is 11.9 Å². The van der Waals surface area contributed by atoms with Gasteiger partial charge in [-0.05, 0) is 72.5 Å². The van der Waals surface area contributed by atoms with E-state index in [1.165, 1.54) is 32.1 Å². The van der Waals surface area contributed by atoms with Crippen molar-refractivity contribution in [3.05, 3.63) is 11.1 Å². The van der Waals surface area contributed by atoms with Crippen molar-refractivity contribution in [3.63, 3.8) is 0 Å². The van der Waals surface area contributed by atoms with Gasteiger partial charge >= 0.3 is 5.97 Å². The third-order valence-corrected chi connectivity index (χ3v) is 11.6. The summed E-state index contributed by atoms with van der Waals surface area (Å²) in [6.07, 6.45) is 11.1. The minimum absolute atomic E-state index is 0.0562. The van der Waals surface area contributed by atoms with Gasteiger partial charge in [0.15, 0.2) is 0 Å². The fourth-order valence-electron chi connectivity index (χ4n) is 9.58. The van der Waals surface area contributed by atoms with Gasteiger partial charge in [-0.2, -0.15) is 0 Å². The SMILES string of the molecule is CC(=O)O[C@@H]1CC2=C([C@H](C)CCCC(C)C)CC[C@]2(C)[C@@]2(C)CC[C@H]3[C@H](C)C(=O)CC[C@]3(C)[C@H]12. The average Bonchev–Trinajstić information content (AvgIpc) is 3.08. The minimum Gasteiger partial charge on any atom is -0.462 e. The quantitative estimate of drug-likeness (QED) is 0.292. The molecule has 8 atom stereocenters. The van der Waals surface area contributed by atoms with E-state index in [0.717, 1.165) is 31.6 Å². The monoisotopic (exact) mass is 470 g/mol. The maximum absolute atomic E-state index is 12.7. The zero-order valence-electron chi connectivity index (χ0n) is 23.3. The number of hydrogen-bond donors (Lipinski definition) is 0. The lowest BCUT2D eigenvalue weighted by Crippen LogP contribution is -2.64. The van der Waals surface area contributed by atoms with Gasteiger partial charge in [-0.3, -0.25) is 9.59 Å². The van der Waals surface area contributed by atoms with E-state index in [0.29, 0.717) is 30.0 Å². The zero-order chi connectivity index (χ0) is 25.1. The van der Waals surface area contributed by atoms with E-state index in [1.807, 2.05) is 0 Å². The number of allylic oxidation sites excluding steroid dienone is 1. The number of hydrogen-bond acceptors (Lipinski definition) is 3. The molecule has 0 saturated heterocycles. The first-order valence-corrected chi connectivity index (χ1v) is 14.3. The number of carbonyl (C=O) groups is 2. The van der Waals surface area contributed by atoms with Crippen LogP contribution in [0.2, 0.25) is 0 Å². The van der Waals surface area contributed by atoms with Crippen LogP contribution in [0.4, 0.5) is 0 Å². The van der Waals surface area contributed by atoms with Gasteiger partial charge < -0.3 is 4.74 Å². The highest BCUT2D eigenvalue weighted by Crippen LogP contribution is 2.73. The third-order valence-electron chi connectivity index (χ3n) is 11.6. The lowest BCUT2D eigenvalue weighted by Gasteiger charge is -2.67. The molecular formula is C31H50O3. The molecule has 4 rings (SSSR count). The van der Waals surface area contributed by atoms with Crippen LogP contribution in [0.3, 0.4) is 0 Å². The molecule has 0 heterocycles. The molecule has 0 unspecified atom stereocenters. The van der Waals surface area contributed by atoms with E-state index in [-0.39, 0.29) is 34.2 Å². The molecule has 0 amide bonds. The molecule has 0 aromatic heterocycles. The summed E-state index contributed by atoms with van der Waals surface area (Å²) in [6, 6.07) is 0. The molecule has 0 aromatic carbocycles. The van der Waals surface area contributed by atoms with Crippen LogP contribution in [0, 0.1) is 45.8 Å². The predicted molar refractivity (Wildman–Crippen MR) is 138 cm³/mol. The van der Waals surface area contributed by atoms with Crippen LogP contribution in [0.5, 0.6) is 0 Å². The van der Waals surface area contributed by atoms with Gasteiger partial charge in [-0.15, -0.1) is 0 Å². The summed E-state index contributed by atoms with van der Waals surface area (Å²) in [5.41, 5.74) is 3.65. The molecule has 3 saturated carbocycles. The van der Waals surface area contributed by atoms with Crippen LogP contribution in [0.15, 0.2) is 11.1 Å². The molecule has 3 heteroatoms. The van der Waals surface area contributed by atoms with Crippen LogP contribution in [0.1, 0.15) is 120 Å². The Morgan fingerprint density at radius 2 is 1.76 bits per heavy atom. The lowest BCUT2D eigenvalue weighted by molar-refractivity contribution is -0.209. The number of Topliss-reactive ketones (excluding diaryl/α,β-unsaturated/α-hetero) is 1. The summed E-state index contributed by atoms with van der Waals surface area (Å²) in [5, 5.41) is 0. The fourth-order valence-corrected chi connectivity index (χ4v) is 9.58. The number of carbonyl (C=O) groups excluding carboxylic acids is 2. The third kappa shape index (κ3) is 3.92. The van der Waals surface area contributed by atoms with E-state index < -0.39 is 0 Å². The molecular weight excluding hydrogens is 420 g/mol. The van der Waals surface area contributed by atoms with Gasteiger partial charge in [0.05, 0.1) is 0 Å². The molecule has 34 heavy (non-hydrogen) atoms. The Morgan fingerprint density at radius 1 is 1.06 bits per heavy atom. The van der Waals surface area contributed by atoms with Crippen LogP contribution >= 0.6 is 0 Å². The molecule has 0 radical (unpaired) electrons. The Balaban J connectivity index is 1.74. The van der Waals surface area contributed by atoms with Crippen molar-refractivity contribution >= 4 is 11.8 Å². The number of ether oxygens (including phenoxy) is 1. The maximum atomic E-state index is 12.7. The van der Waals surface area contributed by atoms with E-state index in [9.17, 15) is 9.59 Å². The molecule has 0 N–H and O–H groups in total. The summed E-state index contributed by atoms with van der Waals surface area (Å²) in [7, 11) is 0. The van der Waals surface area contributed by atoms with E-state index in [2.05, 4.69) is 48.5 Å². The number of ketones is 1. The van der Waals surface area contributed by atoms with Crippen molar-refractivity contribution in [2.45, 2.75) is 126 Å². The van der Waals surface area contributed by atoms with Crippen molar-refractivity contribution in [2.75, 3.05) is 0 Å². The van der Waals surface area contributed by atoms with Crippen LogP contribution < -0.4 is 0 Å².